The van der Waals surface area contributed by atoms with Crippen LogP contribution in [0.25, 0.3) is 0 Å². The van der Waals surface area contributed by atoms with Crippen molar-refractivity contribution in [2.24, 2.45) is 11.8 Å². The van der Waals surface area contributed by atoms with Crippen molar-refractivity contribution in [3.8, 4) is 0 Å². The number of alkyl halides is 4. The van der Waals surface area contributed by atoms with Gasteiger partial charge in [0.15, 0.2) is 0 Å². The average molecular weight is 326 g/mol. The minimum absolute atomic E-state index is 0.0353. The Bertz CT molecular complexity index is 359. The number of rotatable bonds is 3. The van der Waals surface area contributed by atoms with Gasteiger partial charge in [-0.1, -0.05) is 6.42 Å². The number of carbonyl (C=O) groups excluding carboxylic acids is 1. The van der Waals surface area contributed by atoms with Gasteiger partial charge in [-0.2, -0.15) is 13.2 Å². The van der Waals surface area contributed by atoms with Gasteiger partial charge in [0.05, 0.1) is 5.92 Å². The topological polar surface area (TPSA) is 20.3 Å². The van der Waals surface area contributed by atoms with E-state index in [0.29, 0.717) is 25.3 Å². The summed E-state index contributed by atoms with van der Waals surface area (Å²) in [5, 5.41) is 0. The van der Waals surface area contributed by atoms with Crippen LogP contribution < -0.4 is 0 Å². The molecule has 2 rings (SSSR count). The lowest BCUT2D eigenvalue weighted by atomic mass is 9.80. The largest absolute Gasteiger partial charge is 0.391 e. The third-order valence-corrected chi connectivity index (χ3v) is 5.06. The minimum Gasteiger partial charge on any atom is -0.339 e. The van der Waals surface area contributed by atoms with Crippen LogP contribution in [0.2, 0.25) is 0 Å². The van der Waals surface area contributed by atoms with Gasteiger partial charge in [-0.25, -0.2) is 0 Å². The molecule has 1 amide bonds. The average Bonchev–Trinajstić information content (AvgIpc) is 2.47. The summed E-state index contributed by atoms with van der Waals surface area (Å²) in [5.41, 5.74) is 0. The van der Waals surface area contributed by atoms with Gasteiger partial charge >= 0.3 is 6.18 Å². The monoisotopic (exact) mass is 325 g/mol. The van der Waals surface area contributed by atoms with E-state index < -0.39 is 18.0 Å². The molecule has 0 spiro atoms. The van der Waals surface area contributed by atoms with Gasteiger partial charge in [0.25, 0.3) is 0 Å². The molecule has 1 saturated heterocycles. The number of piperidine rings is 1. The summed E-state index contributed by atoms with van der Waals surface area (Å²) in [6.45, 7) is 0.674. The van der Waals surface area contributed by atoms with Gasteiger partial charge in [-0.15, -0.1) is 11.6 Å². The number of carbonyl (C=O) groups is 1. The second-order valence-electron chi connectivity index (χ2n) is 6.26. The molecule has 0 bridgehead atoms. The molecule has 122 valence electrons. The molecular weight excluding hydrogens is 303 g/mol. The molecule has 0 aromatic rings. The number of hydrogen-bond acceptors (Lipinski definition) is 1. The fourth-order valence-corrected chi connectivity index (χ4v) is 3.91. The molecule has 0 radical (unpaired) electrons. The molecule has 2 aliphatic rings. The Kier molecular flexibility index (Phi) is 5.81. The lowest BCUT2D eigenvalue weighted by Crippen LogP contribution is -2.48. The predicted molar refractivity (Wildman–Crippen MR) is 76.2 cm³/mol. The van der Waals surface area contributed by atoms with Crippen molar-refractivity contribution in [2.45, 2.75) is 63.6 Å². The molecular formula is C15H23ClF3NO. The number of amides is 1. The highest BCUT2D eigenvalue weighted by atomic mass is 35.5. The van der Waals surface area contributed by atoms with Crippen LogP contribution in [-0.4, -0.2) is 35.4 Å². The van der Waals surface area contributed by atoms with Crippen LogP contribution in [0.5, 0.6) is 0 Å². The summed E-state index contributed by atoms with van der Waals surface area (Å²) < 4.78 is 38.6. The second kappa shape index (κ2) is 7.21. The number of halogens is 4. The summed E-state index contributed by atoms with van der Waals surface area (Å²) >= 11 is 5.79. The highest BCUT2D eigenvalue weighted by Crippen LogP contribution is 2.41. The molecule has 1 aliphatic heterocycles. The van der Waals surface area contributed by atoms with Crippen LogP contribution in [0.15, 0.2) is 0 Å². The van der Waals surface area contributed by atoms with Gasteiger partial charge < -0.3 is 4.90 Å². The Labute approximate surface area is 129 Å². The fourth-order valence-electron chi connectivity index (χ4n) is 3.66. The van der Waals surface area contributed by atoms with Gasteiger partial charge in [-0.05, 0) is 44.9 Å². The molecule has 2 fully saturated rings. The van der Waals surface area contributed by atoms with Gasteiger partial charge in [-0.3, -0.25) is 4.79 Å². The third-order valence-electron chi connectivity index (χ3n) is 4.84. The standard InChI is InChI=1S/C15H23ClF3NO/c16-8-7-13-6-1-2-9-20(13)14(21)11-4-3-5-12(10-11)15(17,18)19/h11-13H,1-10H2. The van der Waals surface area contributed by atoms with Crippen molar-refractivity contribution in [2.75, 3.05) is 12.4 Å². The normalized spacial score (nSPS) is 31.2. The first-order valence-electron chi connectivity index (χ1n) is 7.86. The molecule has 3 unspecified atom stereocenters. The van der Waals surface area contributed by atoms with Crippen molar-refractivity contribution in [1.82, 2.24) is 4.90 Å². The Morgan fingerprint density at radius 1 is 1.14 bits per heavy atom. The Hall–Kier alpha value is -0.450. The van der Waals surface area contributed by atoms with E-state index in [4.69, 9.17) is 11.6 Å². The molecule has 2 nitrogen and oxygen atoms in total. The number of likely N-dealkylation sites (tertiary alicyclic amines) is 1. The molecule has 1 aliphatic carbocycles. The molecule has 3 atom stereocenters. The maximum atomic E-state index is 12.9. The fraction of sp³-hybridized carbons (Fsp3) is 0.933. The summed E-state index contributed by atoms with van der Waals surface area (Å²) in [7, 11) is 0. The summed E-state index contributed by atoms with van der Waals surface area (Å²) in [6.07, 6.45) is 0.725. The SMILES string of the molecule is O=C(C1CCCC(C(F)(F)F)C1)N1CCCCC1CCCl. The molecule has 1 heterocycles. The maximum absolute atomic E-state index is 12.9. The zero-order valence-electron chi connectivity index (χ0n) is 12.2. The first-order valence-corrected chi connectivity index (χ1v) is 8.40. The van der Waals surface area contributed by atoms with Crippen LogP contribution in [0.3, 0.4) is 0 Å². The van der Waals surface area contributed by atoms with E-state index in [1.807, 2.05) is 4.90 Å². The summed E-state index contributed by atoms with van der Waals surface area (Å²) in [5.74, 6) is -1.35. The van der Waals surface area contributed by atoms with E-state index in [2.05, 4.69) is 0 Å². The van der Waals surface area contributed by atoms with E-state index in [0.717, 1.165) is 25.7 Å². The van der Waals surface area contributed by atoms with Crippen molar-refractivity contribution in [3.63, 3.8) is 0 Å². The van der Waals surface area contributed by atoms with E-state index >= 15 is 0 Å². The van der Waals surface area contributed by atoms with E-state index in [9.17, 15) is 18.0 Å². The molecule has 1 saturated carbocycles. The lowest BCUT2D eigenvalue weighted by Gasteiger charge is -2.39. The van der Waals surface area contributed by atoms with Crippen LogP contribution in [0.4, 0.5) is 13.2 Å². The molecule has 6 heteroatoms. The van der Waals surface area contributed by atoms with Gasteiger partial charge in [0, 0.05) is 24.4 Å². The van der Waals surface area contributed by atoms with E-state index in [-0.39, 0.29) is 24.8 Å². The molecule has 0 aromatic carbocycles. The summed E-state index contributed by atoms with van der Waals surface area (Å²) in [4.78, 5) is 14.4. The molecule has 21 heavy (non-hydrogen) atoms. The lowest BCUT2D eigenvalue weighted by molar-refractivity contribution is -0.187. The Morgan fingerprint density at radius 2 is 1.90 bits per heavy atom. The van der Waals surface area contributed by atoms with Crippen molar-refractivity contribution < 1.29 is 18.0 Å². The molecule has 0 aromatic heterocycles. The Balaban J connectivity index is 2.00. The first-order chi connectivity index (χ1) is 9.93. The van der Waals surface area contributed by atoms with Crippen LogP contribution in [0, 0.1) is 11.8 Å². The third kappa shape index (κ3) is 4.27. The van der Waals surface area contributed by atoms with E-state index in [1.165, 1.54) is 0 Å². The first kappa shape index (κ1) is 16.9. The highest BCUT2D eigenvalue weighted by Gasteiger charge is 2.44. The Morgan fingerprint density at radius 3 is 2.57 bits per heavy atom. The number of hydrogen-bond donors (Lipinski definition) is 0. The molecule has 0 N–H and O–H groups in total. The second-order valence-corrected chi connectivity index (χ2v) is 6.64. The zero-order valence-corrected chi connectivity index (χ0v) is 12.9. The van der Waals surface area contributed by atoms with E-state index in [1.54, 1.807) is 0 Å². The van der Waals surface area contributed by atoms with Crippen molar-refractivity contribution in [3.05, 3.63) is 0 Å². The summed E-state index contributed by atoms with van der Waals surface area (Å²) in [6, 6.07) is 0.120. The maximum Gasteiger partial charge on any atom is 0.391 e. The minimum atomic E-state index is -4.17. The van der Waals surface area contributed by atoms with Gasteiger partial charge in [0.1, 0.15) is 0 Å². The zero-order chi connectivity index (χ0) is 15.5. The smallest absolute Gasteiger partial charge is 0.339 e. The quantitative estimate of drug-likeness (QED) is 0.706. The van der Waals surface area contributed by atoms with Crippen LogP contribution >= 0.6 is 11.6 Å². The predicted octanol–water partition coefficient (Wildman–Crippen LogP) is 4.37. The highest BCUT2D eigenvalue weighted by molar-refractivity contribution is 6.17. The van der Waals surface area contributed by atoms with Crippen LogP contribution in [-0.2, 0) is 4.79 Å². The van der Waals surface area contributed by atoms with Crippen LogP contribution in [0.1, 0.15) is 51.4 Å². The van der Waals surface area contributed by atoms with Crippen molar-refractivity contribution >= 4 is 17.5 Å². The number of nitrogens with zero attached hydrogens (tertiary/aromatic N) is 1. The van der Waals surface area contributed by atoms with Gasteiger partial charge in [0.2, 0.25) is 5.91 Å². The van der Waals surface area contributed by atoms with Crippen molar-refractivity contribution in [1.29, 1.82) is 0 Å².